The van der Waals surface area contributed by atoms with Crippen molar-refractivity contribution >= 4 is 5.91 Å². The summed E-state index contributed by atoms with van der Waals surface area (Å²) in [5.41, 5.74) is 9.61. The van der Waals surface area contributed by atoms with Crippen LogP contribution >= 0.6 is 0 Å². The summed E-state index contributed by atoms with van der Waals surface area (Å²) in [4.78, 5) is 13.6. The van der Waals surface area contributed by atoms with E-state index in [2.05, 4.69) is 18.2 Å². The zero-order valence-corrected chi connectivity index (χ0v) is 11.1. The molecule has 0 heterocycles. The number of nitrogens with zero attached hydrogens (tertiary/aromatic N) is 1. The highest BCUT2D eigenvalue weighted by Gasteiger charge is 2.13. The first-order valence-electron chi connectivity index (χ1n) is 6.75. The summed E-state index contributed by atoms with van der Waals surface area (Å²) in [5.74, 6) is 0.181. The molecule has 1 aliphatic rings. The van der Waals surface area contributed by atoms with Gasteiger partial charge in [0, 0.05) is 20.0 Å². The Hall–Kier alpha value is -1.35. The third kappa shape index (κ3) is 3.10. The van der Waals surface area contributed by atoms with E-state index in [0.717, 1.165) is 6.42 Å². The Labute approximate surface area is 109 Å². The van der Waals surface area contributed by atoms with E-state index in [1.807, 2.05) is 7.05 Å². The molecule has 1 aromatic rings. The van der Waals surface area contributed by atoms with Crippen molar-refractivity contribution in [2.45, 2.75) is 38.6 Å². The molecule has 0 radical (unpaired) electrons. The van der Waals surface area contributed by atoms with Gasteiger partial charge in [0.25, 0.3) is 0 Å². The summed E-state index contributed by atoms with van der Waals surface area (Å²) in [6.45, 7) is 1.29. The van der Waals surface area contributed by atoms with E-state index in [0.29, 0.717) is 19.5 Å². The summed E-state index contributed by atoms with van der Waals surface area (Å²) < 4.78 is 0. The van der Waals surface area contributed by atoms with E-state index in [1.54, 1.807) is 4.90 Å². The number of hydrogen-bond donors (Lipinski definition) is 1. The molecule has 1 aliphatic carbocycles. The molecule has 0 atom stereocenters. The molecular formula is C15H22N2O. The number of hydrogen-bond acceptors (Lipinski definition) is 2. The van der Waals surface area contributed by atoms with Crippen molar-refractivity contribution in [3.8, 4) is 0 Å². The van der Waals surface area contributed by atoms with E-state index >= 15 is 0 Å². The normalized spacial score (nSPS) is 13.4. The minimum Gasteiger partial charge on any atom is -0.341 e. The van der Waals surface area contributed by atoms with Crippen LogP contribution in [-0.4, -0.2) is 24.4 Å². The molecule has 0 spiro atoms. The summed E-state index contributed by atoms with van der Waals surface area (Å²) >= 11 is 0. The van der Waals surface area contributed by atoms with Gasteiger partial charge >= 0.3 is 0 Å². The largest absolute Gasteiger partial charge is 0.341 e. The lowest BCUT2D eigenvalue weighted by Gasteiger charge is -2.17. The molecule has 0 bridgehead atoms. The highest BCUT2D eigenvalue weighted by molar-refractivity contribution is 5.75. The van der Waals surface area contributed by atoms with Crippen molar-refractivity contribution in [1.82, 2.24) is 4.90 Å². The number of rotatable bonds is 5. The fraction of sp³-hybridized carbons (Fsp3) is 0.533. The predicted molar refractivity (Wildman–Crippen MR) is 73.2 cm³/mol. The van der Waals surface area contributed by atoms with E-state index in [9.17, 15) is 4.79 Å². The maximum absolute atomic E-state index is 11.8. The maximum Gasteiger partial charge on any atom is 0.222 e. The standard InChI is InChI=1S/C15H22N2O/c1-17(15(18)6-3-9-16)11-12-7-8-13-4-2-5-14(13)10-12/h7-8,10H,2-6,9,11,16H2,1H3. The number of benzene rings is 1. The Bertz CT molecular complexity index is 429. The van der Waals surface area contributed by atoms with Crippen molar-refractivity contribution in [1.29, 1.82) is 0 Å². The van der Waals surface area contributed by atoms with Gasteiger partial charge in [-0.3, -0.25) is 4.79 Å². The van der Waals surface area contributed by atoms with Gasteiger partial charge in [-0.1, -0.05) is 18.2 Å². The van der Waals surface area contributed by atoms with Gasteiger partial charge < -0.3 is 10.6 Å². The third-order valence-electron chi connectivity index (χ3n) is 3.60. The van der Waals surface area contributed by atoms with Crippen molar-refractivity contribution in [2.75, 3.05) is 13.6 Å². The molecule has 2 rings (SSSR count). The molecule has 0 unspecified atom stereocenters. The van der Waals surface area contributed by atoms with Crippen molar-refractivity contribution < 1.29 is 4.79 Å². The molecule has 1 amide bonds. The molecule has 2 N–H and O–H groups in total. The molecule has 3 nitrogen and oxygen atoms in total. The van der Waals surface area contributed by atoms with E-state index in [4.69, 9.17) is 5.73 Å². The first-order chi connectivity index (χ1) is 8.70. The Morgan fingerprint density at radius 3 is 2.89 bits per heavy atom. The second-order valence-electron chi connectivity index (χ2n) is 5.10. The Kier molecular flexibility index (Phi) is 4.37. The van der Waals surface area contributed by atoms with Crippen LogP contribution in [0.2, 0.25) is 0 Å². The van der Waals surface area contributed by atoms with Crippen molar-refractivity contribution in [3.63, 3.8) is 0 Å². The van der Waals surface area contributed by atoms with Crippen LogP contribution in [0.25, 0.3) is 0 Å². The average Bonchev–Trinajstić information content (AvgIpc) is 2.83. The molecular weight excluding hydrogens is 224 g/mol. The monoisotopic (exact) mass is 246 g/mol. The summed E-state index contributed by atoms with van der Waals surface area (Å²) in [5, 5.41) is 0. The van der Waals surface area contributed by atoms with Gasteiger partial charge in [0.05, 0.1) is 0 Å². The summed E-state index contributed by atoms with van der Waals surface area (Å²) in [6.07, 6.45) is 4.99. The molecule has 0 aliphatic heterocycles. The van der Waals surface area contributed by atoms with E-state index in [1.165, 1.54) is 36.0 Å². The van der Waals surface area contributed by atoms with Crippen LogP contribution in [0, 0.1) is 0 Å². The van der Waals surface area contributed by atoms with Gasteiger partial charge in [0.1, 0.15) is 0 Å². The van der Waals surface area contributed by atoms with Crippen LogP contribution in [0.4, 0.5) is 0 Å². The Morgan fingerprint density at radius 2 is 2.11 bits per heavy atom. The highest BCUT2D eigenvalue weighted by Crippen LogP contribution is 2.23. The summed E-state index contributed by atoms with van der Waals surface area (Å²) in [7, 11) is 1.87. The molecule has 0 aromatic heterocycles. The lowest BCUT2D eigenvalue weighted by Crippen LogP contribution is -2.26. The smallest absolute Gasteiger partial charge is 0.222 e. The number of fused-ring (bicyclic) bond motifs is 1. The second-order valence-corrected chi connectivity index (χ2v) is 5.10. The topological polar surface area (TPSA) is 46.3 Å². The first kappa shape index (κ1) is 13.1. The molecule has 0 saturated heterocycles. The average molecular weight is 246 g/mol. The summed E-state index contributed by atoms with van der Waals surface area (Å²) in [6, 6.07) is 6.63. The van der Waals surface area contributed by atoms with Crippen LogP contribution < -0.4 is 5.73 Å². The molecule has 3 heteroatoms. The lowest BCUT2D eigenvalue weighted by atomic mass is 10.1. The maximum atomic E-state index is 11.8. The fourth-order valence-corrected chi connectivity index (χ4v) is 2.53. The minimum atomic E-state index is 0.181. The lowest BCUT2D eigenvalue weighted by molar-refractivity contribution is -0.130. The fourth-order valence-electron chi connectivity index (χ4n) is 2.53. The van der Waals surface area contributed by atoms with E-state index < -0.39 is 0 Å². The van der Waals surface area contributed by atoms with Gasteiger partial charge in [-0.15, -0.1) is 0 Å². The Morgan fingerprint density at radius 1 is 1.33 bits per heavy atom. The zero-order valence-electron chi connectivity index (χ0n) is 11.1. The molecule has 0 saturated carbocycles. The third-order valence-corrected chi connectivity index (χ3v) is 3.60. The molecule has 0 fully saturated rings. The predicted octanol–water partition coefficient (Wildman–Crippen LogP) is 1.87. The number of carbonyl (C=O) groups excluding carboxylic acids is 1. The number of amides is 1. The molecule has 98 valence electrons. The number of aryl methyl sites for hydroxylation is 2. The minimum absolute atomic E-state index is 0.181. The SMILES string of the molecule is CN(Cc1ccc2c(c1)CCC2)C(=O)CCCN. The highest BCUT2D eigenvalue weighted by atomic mass is 16.2. The van der Waals surface area contributed by atoms with Crippen LogP contribution in [0.15, 0.2) is 18.2 Å². The van der Waals surface area contributed by atoms with Crippen molar-refractivity contribution in [2.24, 2.45) is 5.73 Å². The van der Waals surface area contributed by atoms with Crippen LogP contribution in [0.3, 0.4) is 0 Å². The van der Waals surface area contributed by atoms with Crippen molar-refractivity contribution in [3.05, 3.63) is 34.9 Å². The van der Waals surface area contributed by atoms with Crippen LogP contribution in [0.5, 0.6) is 0 Å². The first-order valence-corrected chi connectivity index (χ1v) is 6.75. The van der Waals surface area contributed by atoms with Gasteiger partial charge in [-0.05, 0) is 48.9 Å². The Balaban J connectivity index is 1.94. The number of nitrogens with two attached hydrogens (primary N) is 1. The van der Waals surface area contributed by atoms with E-state index in [-0.39, 0.29) is 5.91 Å². The quantitative estimate of drug-likeness (QED) is 0.862. The van der Waals surface area contributed by atoms with Crippen LogP contribution in [-0.2, 0) is 24.2 Å². The van der Waals surface area contributed by atoms with Gasteiger partial charge in [0.2, 0.25) is 5.91 Å². The van der Waals surface area contributed by atoms with Gasteiger partial charge in [-0.25, -0.2) is 0 Å². The molecule has 1 aromatic carbocycles. The zero-order chi connectivity index (χ0) is 13.0. The number of carbonyl (C=O) groups is 1. The molecule has 18 heavy (non-hydrogen) atoms. The van der Waals surface area contributed by atoms with Crippen LogP contribution in [0.1, 0.15) is 36.0 Å². The van der Waals surface area contributed by atoms with Gasteiger partial charge in [-0.2, -0.15) is 0 Å². The van der Waals surface area contributed by atoms with Gasteiger partial charge in [0.15, 0.2) is 0 Å². The second kappa shape index (κ2) is 6.01.